The number of hydrogen-bond acceptors (Lipinski definition) is 4. The summed E-state index contributed by atoms with van der Waals surface area (Å²) in [4.78, 5) is 5.63. The van der Waals surface area contributed by atoms with E-state index in [1.54, 1.807) is 0 Å². The minimum absolute atomic E-state index is 0.248. The van der Waals surface area contributed by atoms with Gasteiger partial charge in [-0.2, -0.15) is 5.06 Å². The van der Waals surface area contributed by atoms with Crippen LogP contribution in [-0.4, -0.2) is 44.5 Å². The summed E-state index contributed by atoms with van der Waals surface area (Å²) < 4.78 is 0. The summed E-state index contributed by atoms with van der Waals surface area (Å²) in [6.45, 7) is 2.17. The molecule has 0 aromatic carbocycles. The van der Waals surface area contributed by atoms with Crippen LogP contribution in [0.1, 0.15) is 13.3 Å². The lowest BCUT2D eigenvalue weighted by molar-refractivity contribution is -0.150. The topological polar surface area (TPSA) is 36.5 Å². The minimum Gasteiger partial charge on any atom is -0.303 e. The zero-order valence-corrected chi connectivity index (χ0v) is 8.29. The van der Waals surface area contributed by atoms with E-state index in [0.717, 1.165) is 6.42 Å². The highest BCUT2D eigenvalue weighted by Crippen LogP contribution is 2.19. The second-order valence-electron chi connectivity index (χ2n) is 3.33. The van der Waals surface area contributed by atoms with Gasteiger partial charge >= 0.3 is 0 Å². The predicted molar refractivity (Wildman–Crippen MR) is 48.6 cm³/mol. The lowest BCUT2D eigenvalue weighted by atomic mass is 10.1. The molecule has 0 radical (unpaired) electrons. The normalized spacial score (nSPS) is 31.8. The molecule has 4 nitrogen and oxygen atoms in total. The Hall–Kier alpha value is -0.160. The molecule has 1 rings (SSSR count). The molecule has 72 valence electrons. The van der Waals surface area contributed by atoms with Crippen molar-refractivity contribution >= 4 is 0 Å². The predicted octanol–water partition coefficient (Wildman–Crippen LogP) is -0.224. The van der Waals surface area contributed by atoms with Gasteiger partial charge in [-0.1, -0.05) is 0 Å². The SMILES string of the molecule is CNC(NC)C1CC(C)N(C)O1. The Balaban J connectivity index is 2.44. The smallest absolute Gasteiger partial charge is 0.109 e. The van der Waals surface area contributed by atoms with E-state index in [4.69, 9.17) is 4.84 Å². The fourth-order valence-electron chi connectivity index (χ4n) is 1.56. The van der Waals surface area contributed by atoms with Crippen molar-refractivity contribution in [2.45, 2.75) is 31.7 Å². The Labute approximate surface area is 74.2 Å². The monoisotopic (exact) mass is 173 g/mol. The molecule has 0 aromatic heterocycles. The number of nitrogens with zero attached hydrogens (tertiary/aromatic N) is 1. The van der Waals surface area contributed by atoms with E-state index in [1.807, 2.05) is 26.2 Å². The lowest BCUT2D eigenvalue weighted by Crippen LogP contribution is -2.47. The molecule has 0 aliphatic carbocycles. The maximum atomic E-state index is 5.63. The molecule has 0 aromatic rings. The van der Waals surface area contributed by atoms with Gasteiger partial charge in [0, 0.05) is 13.1 Å². The maximum Gasteiger partial charge on any atom is 0.109 e. The van der Waals surface area contributed by atoms with Crippen LogP contribution in [0.4, 0.5) is 0 Å². The first kappa shape index (κ1) is 9.92. The molecule has 0 amide bonds. The number of nitrogens with one attached hydrogen (secondary N) is 2. The Morgan fingerprint density at radius 3 is 2.33 bits per heavy atom. The van der Waals surface area contributed by atoms with Gasteiger partial charge in [-0.25, -0.2) is 0 Å². The molecule has 1 fully saturated rings. The third-order valence-corrected chi connectivity index (χ3v) is 2.49. The number of rotatable bonds is 3. The molecule has 1 aliphatic heterocycles. The summed E-state index contributed by atoms with van der Waals surface area (Å²) in [6.07, 6.45) is 1.57. The van der Waals surface area contributed by atoms with Crippen LogP contribution in [0.25, 0.3) is 0 Å². The fourth-order valence-corrected chi connectivity index (χ4v) is 1.56. The van der Waals surface area contributed by atoms with E-state index in [1.165, 1.54) is 0 Å². The number of hydrogen-bond donors (Lipinski definition) is 2. The molecule has 1 saturated heterocycles. The van der Waals surface area contributed by atoms with Crippen molar-refractivity contribution in [3.63, 3.8) is 0 Å². The van der Waals surface area contributed by atoms with Crippen molar-refractivity contribution < 1.29 is 4.84 Å². The molecule has 1 aliphatic rings. The van der Waals surface area contributed by atoms with E-state index in [-0.39, 0.29) is 12.3 Å². The van der Waals surface area contributed by atoms with Gasteiger partial charge in [-0.3, -0.25) is 4.84 Å². The van der Waals surface area contributed by atoms with Gasteiger partial charge < -0.3 is 10.6 Å². The highest BCUT2D eigenvalue weighted by Gasteiger charge is 2.32. The Bertz CT molecular complexity index is 128. The minimum atomic E-state index is 0.248. The van der Waals surface area contributed by atoms with Crippen LogP contribution >= 0.6 is 0 Å². The van der Waals surface area contributed by atoms with E-state index < -0.39 is 0 Å². The summed E-state index contributed by atoms with van der Waals surface area (Å²) in [7, 11) is 5.86. The van der Waals surface area contributed by atoms with Crippen LogP contribution in [0.15, 0.2) is 0 Å². The third kappa shape index (κ3) is 1.95. The van der Waals surface area contributed by atoms with E-state index in [9.17, 15) is 0 Å². The average Bonchev–Trinajstić information content (AvgIpc) is 2.35. The van der Waals surface area contributed by atoms with E-state index in [0.29, 0.717) is 6.04 Å². The summed E-state index contributed by atoms with van der Waals surface area (Å²) in [5.74, 6) is 0. The summed E-state index contributed by atoms with van der Waals surface area (Å²) in [6, 6.07) is 0.513. The first-order chi connectivity index (χ1) is 5.69. The quantitative estimate of drug-likeness (QED) is 0.578. The van der Waals surface area contributed by atoms with Crippen molar-refractivity contribution in [2.75, 3.05) is 21.1 Å². The van der Waals surface area contributed by atoms with E-state index in [2.05, 4.69) is 17.6 Å². The maximum absolute atomic E-state index is 5.63. The summed E-state index contributed by atoms with van der Waals surface area (Å²) >= 11 is 0. The highest BCUT2D eigenvalue weighted by atomic mass is 16.7. The standard InChI is InChI=1S/C8H19N3O/c1-6-5-7(12-11(6)4)8(9-2)10-3/h6-10H,5H2,1-4H3. The number of hydroxylamine groups is 2. The third-order valence-electron chi connectivity index (χ3n) is 2.49. The zero-order chi connectivity index (χ0) is 9.14. The lowest BCUT2D eigenvalue weighted by Gasteiger charge is -2.21. The first-order valence-corrected chi connectivity index (χ1v) is 4.43. The summed E-state index contributed by atoms with van der Waals surface area (Å²) in [5.41, 5.74) is 0. The zero-order valence-electron chi connectivity index (χ0n) is 8.29. The molecular weight excluding hydrogens is 154 g/mol. The van der Waals surface area contributed by atoms with Crippen LogP contribution in [0.3, 0.4) is 0 Å². The Kier molecular flexibility index (Phi) is 3.46. The van der Waals surface area contributed by atoms with E-state index >= 15 is 0 Å². The van der Waals surface area contributed by atoms with Gasteiger partial charge in [0.25, 0.3) is 0 Å². The largest absolute Gasteiger partial charge is 0.303 e. The molecule has 0 saturated carbocycles. The second kappa shape index (κ2) is 4.18. The molecule has 12 heavy (non-hydrogen) atoms. The molecule has 2 N–H and O–H groups in total. The molecule has 2 atom stereocenters. The second-order valence-corrected chi connectivity index (χ2v) is 3.33. The van der Waals surface area contributed by atoms with Crippen molar-refractivity contribution in [3.05, 3.63) is 0 Å². The number of likely N-dealkylation sites (N-methyl/N-ethyl adjacent to an activating group) is 2. The van der Waals surface area contributed by atoms with Gasteiger partial charge in [0.15, 0.2) is 0 Å². The first-order valence-electron chi connectivity index (χ1n) is 4.43. The van der Waals surface area contributed by atoms with Crippen LogP contribution in [0, 0.1) is 0 Å². The van der Waals surface area contributed by atoms with Crippen molar-refractivity contribution in [1.82, 2.24) is 15.7 Å². The van der Waals surface area contributed by atoms with Gasteiger partial charge in [0.1, 0.15) is 6.10 Å². The fraction of sp³-hybridized carbons (Fsp3) is 1.00. The van der Waals surface area contributed by atoms with Crippen LogP contribution in [0.2, 0.25) is 0 Å². The van der Waals surface area contributed by atoms with Crippen LogP contribution in [-0.2, 0) is 4.84 Å². The molecular formula is C8H19N3O. The van der Waals surface area contributed by atoms with Gasteiger partial charge in [0.05, 0.1) is 6.17 Å². The van der Waals surface area contributed by atoms with Crippen molar-refractivity contribution in [3.8, 4) is 0 Å². The molecule has 2 unspecified atom stereocenters. The Morgan fingerprint density at radius 1 is 1.42 bits per heavy atom. The molecule has 4 heteroatoms. The van der Waals surface area contributed by atoms with Gasteiger partial charge in [-0.15, -0.1) is 0 Å². The summed E-state index contributed by atoms with van der Waals surface area (Å²) in [5, 5.41) is 8.27. The Morgan fingerprint density at radius 2 is 2.00 bits per heavy atom. The van der Waals surface area contributed by atoms with Crippen molar-refractivity contribution in [2.24, 2.45) is 0 Å². The molecule has 0 bridgehead atoms. The van der Waals surface area contributed by atoms with Crippen LogP contribution in [0.5, 0.6) is 0 Å². The average molecular weight is 173 g/mol. The molecule has 1 heterocycles. The van der Waals surface area contributed by atoms with Gasteiger partial charge in [0.2, 0.25) is 0 Å². The molecule has 0 spiro atoms. The van der Waals surface area contributed by atoms with Gasteiger partial charge in [-0.05, 0) is 27.4 Å². The van der Waals surface area contributed by atoms with Crippen molar-refractivity contribution in [1.29, 1.82) is 0 Å². The van der Waals surface area contributed by atoms with Crippen LogP contribution < -0.4 is 10.6 Å². The highest BCUT2D eigenvalue weighted by molar-refractivity contribution is 4.80.